The average molecular weight is 296 g/mol. The number of nitrogens with zero attached hydrogens (tertiary/aromatic N) is 1. The lowest BCUT2D eigenvalue weighted by Crippen LogP contribution is -2.01. The molecule has 1 aromatic heterocycles. The summed E-state index contributed by atoms with van der Waals surface area (Å²) >= 11 is 1.65. The highest BCUT2D eigenvalue weighted by atomic mass is 32.2. The summed E-state index contributed by atoms with van der Waals surface area (Å²) in [5, 5.41) is 2.08. The van der Waals surface area contributed by atoms with Gasteiger partial charge < -0.3 is 10.5 Å². The van der Waals surface area contributed by atoms with Gasteiger partial charge in [-0.1, -0.05) is 30.3 Å². The summed E-state index contributed by atoms with van der Waals surface area (Å²) in [5.74, 6) is 1.42. The van der Waals surface area contributed by atoms with E-state index in [0.717, 1.165) is 27.1 Å². The standard InChI is InChI=1S/C17H16N2OS/c1-21-16-9-5-4-8-15(16)20-17-14-7-3-2-6-12(14)10-13(11-18)19-17/h2-10H,11,18H2,1H3. The Hall–Kier alpha value is -2.04. The molecule has 1 heterocycles. The first-order valence-electron chi connectivity index (χ1n) is 6.71. The number of para-hydroxylation sites is 1. The van der Waals surface area contributed by atoms with Gasteiger partial charge in [-0.05, 0) is 35.9 Å². The topological polar surface area (TPSA) is 48.1 Å². The Morgan fingerprint density at radius 1 is 1.10 bits per heavy atom. The number of aromatic nitrogens is 1. The highest BCUT2D eigenvalue weighted by molar-refractivity contribution is 7.98. The number of hydrogen-bond acceptors (Lipinski definition) is 4. The Kier molecular flexibility index (Phi) is 4.08. The predicted molar refractivity (Wildman–Crippen MR) is 87.9 cm³/mol. The minimum Gasteiger partial charge on any atom is -0.437 e. The quantitative estimate of drug-likeness (QED) is 0.733. The average Bonchev–Trinajstić information content (AvgIpc) is 2.55. The molecule has 0 aliphatic heterocycles. The summed E-state index contributed by atoms with van der Waals surface area (Å²) < 4.78 is 6.07. The van der Waals surface area contributed by atoms with Gasteiger partial charge >= 0.3 is 0 Å². The Bertz CT molecular complexity index is 774. The molecule has 0 spiro atoms. The second-order valence-corrected chi connectivity index (χ2v) is 5.45. The van der Waals surface area contributed by atoms with Crippen LogP contribution in [-0.2, 0) is 6.54 Å². The van der Waals surface area contributed by atoms with Crippen LogP contribution in [0.1, 0.15) is 5.69 Å². The van der Waals surface area contributed by atoms with Crippen molar-refractivity contribution in [3.8, 4) is 11.6 Å². The molecule has 4 heteroatoms. The lowest BCUT2D eigenvalue weighted by Gasteiger charge is -2.12. The third-order valence-electron chi connectivity index (χ3n) is 3.24. The highest BCUT2D eigenvalue weighted by Crippen LogP contribution is 2.33. The van der Waals surface area contributed by atoms with Crippen molar-refractivity contribution in [2.24, 2.45) is 5.73 Å². The second-order valence-electron chi connectivity index (χ2n) is 4.60. The molecule has 0 aliphatic carbocycles. The van der Waals surface area contributed by atoms with Gasteiger partial charge in [0.05, 0.1) is 5.69 Å². The van der Waals surface area contributed by atoms with E-state index < -0.39 is 0 Å². The van der Waals surface area contributed by atoms with E-state index in [2.05, 4.69) is 4.98 Å². The van der Waals surface area contributed by atoms with Gasteiger partial charge in [0.15, 0.2) is 0 Å². The number of ether oxygens (including phenoxy) is 1. The monoisotopic (exact) mass is 296 g/mol. The molecule has 0 saturated carbocycles. The van der Waals surface area contributed by atoms with Crippen LogP contribution in [0.25, 0.3) is 10.8 Å². The Morgan fingerprint density at radius 3 is 2.67 bits per heavy atom. The van der Waals surface area contributed by atoms with Crippen LogP contribution in [0, 0.1) is 0 Å². The highest BCUT2D eigenvalue weighted by Gasteiger charge is 2.09. The summed E-state index contributed by atoms with van der Waals surface area (Å²) in [7, 11) is 0. The molecule has 0 aliphatic rings. The first-order chi connectivity index (χ1) is 10.3. The third kappa shape index (κ3) is 2.86. The van der Waals surface area contributed by atoms with Gasteiger partial charge in [0, 0.05) is 16.8 Å². The van der Waals surface area contributed by atoms with Gasteiger partial charge in [-0.15, -0.1) is 11.8 Å². The van der Waals surface area contributed by atoms with Crippen molar-refractivity contribution in [3.63, 3.8) is 0 Å². The van der Waals surface area contributed by atoms with Gasteiger partial charge in [0.2, 0.25) is 5.88 Å². The second kappa shape index (κ2) is 6.16. The van der Waals surface area contributed by atoms with Crippen LogP contribution in [0.15, 0.2) is 59.5 Å². The van der Waals surface area contributed by atoms with Crippen molar-refractivity contribution in [2.45, 2.75) is 11.4 Å². The fourth-order valence-corrected chi connectivity index (χ4v) is 2.74. The zero-order valence-corrected chi connectivity index (χ0v) is 12.6. The SMILES string of the molecule is CSc1ccccc1Oc1nc(CN)cc2ccccc12. The van der Waals surface area contributed by atoms with E-state index in [-0.39, 0.29) is 0 Å². The zero-order chi connectivity index (χ0) is 14.7. The number of hydrogen-bond donors (Lipinski definition) is 1. The molecule has 21 heavy (non-hydrogen) atoms. The Morgan fingerprint density at radius 2 is 1.86 bits per heavy atom. The molecule has 2 N–H and O–H groups in total. The molecule has 0 atom stereocenters. The van der Waals surface area contributed by atoms with Gasteiger partial charge in [0.1, 0.15) is 5.75 Å². The van der Waals surface area contributed by atoms with Crippen LogP contribution in [-0.4, -0.2) is 11.2 Å². The molecule has 0 bridgehead atoms. The van der Waals surface area contributed by atoms with Gasteiger partial charge in [-0.25, -0.2) is 4.98 Å². The minimum absolute atomic E-state index is 0.394. The Labute approximate surface area is 128 Å². The lowest BCUT2D eigenvalue weighted by molar-refractivity contribution is 0.456. The van der Waals surface area contributed by atoms with Crippen LogP contribution >= 0.6 is 11.8 Å². The van der Waals surface area contributed by atoms with E-state index in [1.807, 2.05) is 60.9 Å². The van der Waals surface area contributed by atoms with Crippen LogP contribution in [0.5, 0.6) is 11.6 Å². The Balaban J connectivity index is 2.11. The molecule has 2 aromatic carbocycles. The summed E-state index contributed by atoms with van der Waals surface area (Å²) in [6.45, 7) is 0.394. The molecule has 3 aromatic rings. The van der Waals surface area contributed by atoms with Crippen molar-refractivity contribution in [1.82, 2.24) is 4.98 Å². The molecule has 0 unspecified atom stereocenters. The normalized spacial score (nSPS) is 10.8. The number of fused-ring (bicyclic) bond motifs is 1. The number of pyridine rings is 1. The molecule has 0 saturated heterocycles. The van der Waals surface area contributed by atoms with E-state index in [1.54, 1.807) is 11.8 Å². The molecule has 3 rings (SSSR count). The van der Waals surface area contributed by atoms with E-state index in [9.17, 15) is 0 Å². The molecule has 0 fully saturated rings. The molecule has 0 amide bonds. The van der Waals surface area contributed by atoms with Crippen LogP contribution in [0.4, 0.5) is 0 Å². The fraction of sp³-hybridized carbons (Fsp3) is 0.118. The smallest absolute Gasteiger partial charge is 0.227 e. The van der Waals surface area contributed by atoms with Crippen molar-refractivity contribution in [2.75, 3.05) is 6.26 Å². The number of benzene rings is 2. The van der Waals surface area contributed by atoms with Crippen molar-refractivity contribution >= 4 is 22.5 Å². The summed E-state index contributed by atoms with van der Waals surface area (Å²) in [6, 6.07) is 18.0. The maximum atomic E-state index is 6.07. The molecule has 3 nitrogen and oxygen atoms in total. The van der Waals surface area contributed by atoms with Gasteiger partial charge in [0.25, 0.3) is 0 Å². The first-order valence-corrected chi connectivity index (χ1v) is 7.94. The fourth-order valence-electron chi connectivity index (χ4n) is 2.21. The van der Waals surface area contributed by atoms with E-state index in [1.165, 1.54) is 0 Å². The summed E-state index contributed by atoms with van der Waals surface area (Å²) in [5.41, 5.74) is 6.56. The number of rotatable bonds is 4. The lowest BCUT2D eigenvalue weighted by atomic mass is 10.1. The largest absolute Gasteiger partial charge is 0.437 e. The van der Waals surface area contributed by atoms with Crippen molar-refractivity contribution in [1.29, 1.82) is 0 Å². The summed E-state index contributed by atoms with van der Waals surface area (Å²) in [4.78, 5) is 5.62. The maximum absolute atomic E-state index is 6.07. The van der Waals surface area contributed by atoms with Crippen LogP contribution in [0.2, 0.25) is 0 Å². The molecular formula is C17H16N2OS. The maximum Gasteiger partial charge on any atom is 0.227 e. The molecule has 106 valence electrons. The van der Waals surface area contributed by atoms with E-state index >= 15 is 0 Å². The van der Waals surface area contributed by atoms with Crippen molar-refractivity contribution in [3.05, 3.63) is 60.3 Å². The van der Waals surface area contributed by atoms with Crippen molar-refractivity contribution < 1.29 is 4.74 Å². The van der Waals surface area contributed by atoms with Crippen LogP contribution in [0.3, 0.4) is 0 Å². The molecule has 0 radical (unpaired) electrons. The predicted octanol–water partition coefficient (Wildman–Crippen LogP) is 4.21. The third-order valence-corrected chi connectivity index (χ3v) is 4.02. The van der Waals surface area contributed by atoms with Crippen LogP contribution < -0.4 is 10.5 Å². The summed E-state index contributed by atoms with van der Waals surface area (Å²) in [6.07, 6.45) is 2.03. The number of nitrogens with two attached hydrogens (primary N) is 1. The minimum atomic E-state index is 0.394. The van der Waals surface area contributed by atoms with Gasteiger partial charge in [-0.3, -0.25) is 0 Å². The zero-order valence-electron chi connectivity index (χ0n) is 11.7. The number of thioether (sulfide) groups is 1. The first kappa shape index (κ1) is 13.9. The molecular weight excluding hydrogens is 280 g/mol. The van der Waals surface area contributed by atoms with E-state index in [4.69, 9.17) is 10.5 Å². The van der Waals surface area contributed by atoms with Gasteiger partial charge in [-0.2, -0.15) is 0 Å². The van der Waals surface area contributed by atoms with E-state index in [0.29, 0.717) is 12.4 Å².